The number of fused-ring (bicyclic) bond motifs is 1. The Bertz CT molecular complexity index is 3670. The second kappa shape index (κ2) is 37.1. The molecule has 0 aromatic heterocycles. The van der Waals surface area contributed by atoms with Crippen molar-refractivity contribution in [1.82, 2.24) is 60.0 Å². The van der Waals surface area contributed by atoms with E-state index >= 15 is 24.0 Å². The van der Waals surface area contributed by atoms with Crippen LogP contribution in [0.4, 0.5) is 13.2 Å². The molecule has 12 amide bonds. The summed E-state index contributed by atoms with van der Waals surface area (Å²) in [6.07, 6.45) is -3.99. The number of carbonyl (C=O) groups excluding carboxylic acids is 12. The first kappa shape index (κ1) is 86.0. The minimum Gasteiger partial charge on any atom is -0.347 e. The number of amides is 12. The van der Waals surface area contributed by atoms with Crippen molar-refractivity contribution in [3.8, 4) is 0 Å². The van der Waals surface area contributed by atoms with Gasteiger partial charge in [0, 0.05) is 86.4 Å². The van der Waals surface area contributed by atoms with Crippen LogP contribution in [0.1, 0.15) is 140 Å². The van der Waals surface area contributed by atoms with Crippen molar-refractivity contribution >= 4 is 105 Å². The van der Waals surface area contributed by atoms with E-state index in [9.17, 15) is 46.7 Å². The van der Waals surface area contributed by atoms with Crippen molar-refractivity contribution in [3.05, 3.63) is 103 Å². The normalized spacial score (nSPS) is 24.8. The first-order valence-electron chi connectivity index (χ1n) is 36.0. The summed E-state index contributed by atoms with van der Waals surface area (Å²) in [4.78, 5) is 192. The Labute approximate surface area is 634 Å². The van der Waals surface area contributed by atoms with Crippen LogP contribution < -0.4 is 16.0 Å². The highest BCUT2D eigenvalue weighted by atomic mass is 127. The number of hydrogen-bond acceptors (Lipinski definition) is 12. The van der Waals surface area contributed by atoms with Crippen LogP contribution in [0.25, 0.3) is 0 Å². The van der Waals surface area contributed by atoms with Crippen molar-refractivity contribution in [2.75, 3.05) is 76.5 Å². The summed E-state index contributed by atoms with van der Waals surface area (Å²) < 4.78 is 42.8. The molecular weight excluding hydrogens is 1490 g/mol. The molecule has 24 nitrogen and oxygen atoms in total. The summed E-state index contributed by atoms with van der Waals surface area (Å²) in [5.41, 5.74) is -0.401. The minimum absolute atomic E-state index is 0.0639. The highest BCUT2D eigenvalue weighted by Gasteiger charge is 2.51. The lowest BCUT2D eigenvalue weighted by Gasteiger charge is -2.45. The van der Waals surface area contributed by atoms with Crippen LogP contribution in [0, 0.1) is 28.2 Å². The number of hydrogen-bond donors (Lipinski definition) is 3. The second-order valence-electron chi connectivity index (χ2n) is 29.5. The molecule has 1 saturated carbocycles. The molecule has 29 heteroatoms. The maximum absolute atomic E-state index is 15.7. The Hall–Kier alpha value is -7.89. The zero-order valence-corrected chi connectivity index (χ0v) is 66.6. The Morgan fingerprint density at radius 3 is 1.82 bits per heavy atom. The first-order chi connectivity index (χ1) is 49.1. The summed E-state index contributed by atoms with van der Waals surface area (Å²) in [6.45, 7) is 13.6. The van der Waals surface area contributed by atoms with Gasteiger partial charge in [-0.2, -0.15) is 13.2 Å². The summed E-state index contributed by atoms with van der Waals surface area (Å²) in [7, 11) is 12.6. The van der Waals surface area contributed by atoms with Gasteiger partial charge in [-0.05, 0) is 134 Å². The molecule has 0 bridgehead atoms. The zero-order chi connectivity index (χ0) is 78.6. The standard InChI is InChI=1S/C76H107ClF3IN12O12/c1-18-46(6)63-72(103)87(12)48(8)67(98)93-36-33-56(93)71(102)90(15)59(40-50-27-25-45(5)26-28-50)70(101)86(11)43-61(94)82-55(32-30-49-29-31-53(54(77)39-49)76(78,79)80)68(99)89(14)58(41-51-23-22-24-52(81)38-51)66(97)84-75(34-20-21-35-75)74(105)92(17)64(47(7)19-2)73(104)91(16)60(69(100)85(9)10)42-62(95)88(13)57(37-44(3)4)65(96)83-63/h22-29,31,38-39,44,46-48,55-60,63-64H,18-21,30,32-37,40-43H2,1-17H3,(H,82,94)(H,83,96)(H,84,97)/t46-,47-,48-,55-,56-,57-,58-,59-,60-,63-,64-/m0/s1. The highest BCUT2D eigenvalue weighted by Crippen LogP contribution is 2.37. The number of nitrogens with one attached hydrogen (secondary N) is 3. The summed E-state index contributed by atoms with van der Waals surface area (Å²) in [5.74, 6) is -9.90. The summed E-state index contributed by atoms with van der Waals surface area (Å²) >= 11 is 8.30. The second-order valence-corrected chi connectivity index (χ2v) is 31.2. The predicted octanol–water partition coefficient (Wildman–Crippen LogP) is 6.76. The maximum Gasteiger partial charge on any atom is 0.417 e. The van der Waals surface area contributed by atoms with Crippen LogP contribution in [0.3, 0.4) is 0 Å². The molecule has 1 aliphatic carbocycles. The number of alkyl halides is 3. The molecule has 0 unspecified atom stereocenters. The number of nitrogens with zero attached hydrogens (tertiary/aromatic N) is 9. The first-order valence-corrected chi connectivity index (χ1v) is 37.5. The smallest absolute Gasteiger partial charge is 0.347 e. The maximum atomic E-state index is 15.7. The Balaban J connectivity index is 1.51. The van der Waals surface area contributed by atoms with Gasteiger partial charge < -0.3 is 60.0 Å². The summed E-state index contributed by atoms with van der Waals surface area (Å²) in [6, 6.07) is 5.56. The number of aryl methyl sites for hydroxylation is 2. The fourth-order valence-corrected chi connectivity index (χ4v) is 14.9. The van der Waals surface area contributed by atoms with Crippen LogP contribution in [0.15, 0.2) is 66.7 Å². The lowest BCUT2D eigenvalue weighted by molar-refractivity contribution is -0.160. The fraction of sp³-hybridized carbons (Fsp3) is 0.605. The molecule has 3 fully saturated rings. The molecule has 0 radical (unpaired) electrons. The SMILES string of the molecule is CC[C@H](C)[C@@H]1NC(=O)[C@H](CC(C)C)N(C)C(=O)C[C@@H](C(=O)N(C)C)N(C)C(=O)[C@H]([C@@H](C)CC)N(C)C(=O)C2(CCCC2)NC(=O)[C@H](Cc2cccc(I)c2)N(C)C(=O)[C@H](CCc2ccc(C(F)(F)F)c(Cl)c2)NC(=O)CN(C)C(=O)[C@H](Cc2ccc(C)cc2)N(C)C(=O)[C@@H]2CCN2C(=O)[C@H](C)N(C)C1=O. The molecule has 2 aliphatic heterocycles. The van der Waals surface area contributed by atoms with Gasteiger partial charge in [-0.1, -0.05) is 127 Å². The van der Waals surface area contributed by atoms with Crippen molar-refractivity contribution in [2.45, 2.75) is 205 Å². The Morgan fingerprint density at radius 2 is 1.27 bits per heavy atom. The van der Waals surface area contributed by atoms with E-state index in [1.807, 2.05) is 52.8 Å². The van der Waals surface area contributed by atoms with Gasteiger partial charge in [0.05, 0.1) is 23.6 Å². The topological polar surface area (TPSA) is 270 Å². The van der Waals surface area contributed by atoms with Crippen LogP contribution in [0.5, 0.6) is 0 Å². The van der Waals surface area contributed by atoms with Crippen LogP contribution in [0.2, 0.25) is 5.02 Å². The monoisotopic (exact) mass is 1600 g/mol. The molecule has 578 valence electrons. The third-order valence-corrected chi connectivity index (χ3v) is 22.3. The third-order valence-electron chi connectivity index (χ3n) is 21.4. The molecule has 6 rings (SSSR count). The van der Waals surface area contributed by atoms with E-state index in [1.165, 1.54) is 106 Å². The van der Waals surface area contributed by atoms with Gasteiger partial charge in [0.25, 0.3) is 0 Å². The van der Waals surface area contributed by atoms with Gasteiger partial charge in [0.1, 0.15) is 59.9 Å². The molecule has 11 atom stereocenters. The Kier molecular flexibility index (Phi) is 30.4. The van der Waals surface area contributed by atoms with Gasteiger partial charge in [-0.15, -0.1) is 0 Å². The molecule has 2 heterocycles. The number of likely N-dealkylation sites (N-methyl/N-ethyl adjacent to an activating group) is 8. The highest BCUT2D eigenvalue weighted by molar-refractivity contribution is 14.1. The average Bonchev–Trinajstić information content (AvgIpc) is 1.75. The van der Waals surface area contributed by atoms with Crippen LogP contribution in [-0.2, 0) is 83.0 Å². The molecule has 105 heavy (non-hydrogen) atoms. The number of halogens is 5. The van der Waals surface area contributed by atoms with E-state index in [0.29, 0.717) is 36.8 Å². The van der Waals surface area contributed by atoms with E-state index in [0.717, 1.165) is 36.0 Å². The van der Waals surface area contributed by atoms with E-state index in [4.69, 9.17) is 11.6 Å². The number of carbonyl (C=O) groups is 12. The van der Waals surface area contributed by atoms with Crippen molar-refractivity contribution in [2.24, 2.45) is 17.8 Å². The Morgan fingerprint density at radius 1 is 0.667 bits per heavy atom. The van der Waals surface area contributed by atoms with Gasteiger partial charge in [0.15, 0.2) is 0 Å². The largest absolute Gasteiger partial charge is 0.417 e. The van der Waals surface area contributed by atoms with E-state index < -0.39 is 172 Å². The lowest BCUT2D eigenvalue weighted by atomic mass is 9.90. The fourth-order valence-electron chi connectivity index (χ4n) is 14.0. The number of rotatable bonds is 14. The van der Waals surface area contributed by atoms with E-state index in [2.05, 4.69) is 38.5 Å². The van der Waals surface area contributed by atoms with Gasteiger partial charge in [0.2, 0.25) is 70.9 Å². The van der Waals surface area contributed by atoms with Gasteiger partial charge in [-0.25, -0.2) is 0 Å². The molecule has 1 spiro atoms. The van der Waals surface area contributed by atoms with E-state index in [1.54, 1.807) is 44.2 Å². The predicted molar refractivity (Wildman–Crippen MR) is 400 cm³/mol. The van der Waals surface area contributed by atoms with Crippen molar-refractivity contribution in [1.29, 1.82) is 0 Å². The molecule has 2 saturated heterocycles. The van der Waals surface area contributed by atoms with Gasteiger partial charge >= 0.3 is 6.18 Å². The molecule has 3 N–H and O–H groups in total. The third kappa shape index (κ3) is 21.0. The van der Waals surface area contributed by atoms with Crippen LogP contribution in [-0.4, -0.2) is 251 Å². The van der Waals surface area contributed by atoms with Crippen molar-refractivity contribution < 1.29 is 70.7 Å². The molecule has 3 aromatic rings. The number of benzene rings is 3. The van der Waals surface area contributed by atoms with Crippen molar-refractivity contribution in [3.63, 3.8) is 0 Å². The zero-order valence-electron chi connectivity index (χ0n) is 63.7. The minimum atomic E-state index is -4.79. The average molecular weight is 1600 g/mol. The molecular formula is C76H107ClF3IN12O12. The molecule has 3 aromatic carbocycles. The lowest BCUT2D eigenvalue weighted by Crippen LogP contribution is -2.65. The van der Waals surface area contributed by atoms with Gasteiger partial charge in [-0.3, -0.25) is 57.5 Å². The van der Waals surface area contributed by atoms with E-state index in [-0.39, 0.29) is 69.4 Å². The van der Waals surface area contributed by atoms with Crippen LogP contribution >= 0.6 is 34.2 Å². The molecule has 3 aliphatic rings. The quantitative estimate of drug-likeness (QED) is 0.141. The summed E-state index contributed by atoms with van der Waals surface area (Å²) in [5, 5.41) is 8.10.